The van der Waals surface area contributed by atoms with Gasteiger partial charge in [0.1, 0.15) is 0 Å². The van der Waals surface area contributed by atoms with Crippen LogP contribution in [0.2, 0.25) is 0 Å². The van der Waals surface area contributed by atoms with E-state index in [1.165, 1.54) is 0 Å². The van der Waals surface area contributed by atoms with Gasteiger partial charge in [-0.25, -0.2) is 0 Å². The maximum Gasteiger partial charge on any atom is 0.225 e. The van der Waals surface area contributed by atoms with Crippen molar-refractivity contribution in [2.75, 3.05) is 0 Å². The summed E-state index contributed by atoms with van der Waals surface area (Å²) in [6.45, 7) is 8.84. The summed E-state index contributed by atoms with van der Waals surface area (Å²) in [5.41, 5.74) is 0.437. The molecule has 13 heavy (non-hydrogen) atoms. The van der Waals surface area contributed by atoms with Crippen molar-refractivity contribution in [3.05, 3.63) is 0 Å². The van der Waals surface area contributed by atoms with Gasteiger partial charge < -0.3 is 0 Å². The Morgan fingerprint density at radius 3 is 2.23 bits per heavy atom. The second-order valence-corrected chi connectivity index (χ2v) is 6.10. The Bertz CT molecular complexity index is 218. The summed E-state index contributed by atoms with van der Waals surface area (Å²) < 4.78 is 0. The number of hydrogen-bond donors (Lipinski definition) is 0. The van der Waals surface area contributed by atoms with Crippen molar-refractivity contribution < 1.29 is 4.79 Å². The fourth-order valence-electron chi connectivity index (χ4n) is 2.79. The minimum atomic E-state index is -0.152. The fourth-order valence-corrected chi connectivity index (χ4v) is 3.20. The largest absolute Gasteiger partial charge is 0.281 e. The first kappa shape index (κ1) is 11.0. The molecule has 0 spiro atoms. The lowest BCUT2D eigenvalue weighted by atomic mass is 9.60. The molecule has 0 aromatic rings. The van der Waals surface area contributed by atoms with Crippen molar-refractivity contribution in [3.8, 4) is 0 Å². The van der Waals surface area contributed by atoms with Crippen molar-refractivity contribution in [2.45, 2.75) is 47.0 Å². The van der Waals surface area contributed by atoms with E-state index >= 15 is 0 Å². The summed E-state index contributed by atoms with van der Waals surface area (Å²) >= 11 is 5.60. The zero-order valence-electron chi connectivity index (χ0n) is 8.98. The van der Waals surface area contributed by atoms with Crippen LogP contribution in [0.1, 0.15) is 47.0 Å². The average Bonchev–Trinajstić information content (AvgIpc) is 1.79. The van der Waals surface area contributed by atoms with Gasteiger partial charge in [-0.3, -0.25) is 4.79 Å². The van der Waals surface area contributed by atoms with E-state index in [1.807, 2.05) is 0 Å². The zero-order valence-corrected chi connectivity index (χ0v) is 9.74. The standard InChI is InChI=1S/C11H19ClO/c1-10(2)6-5-8(9(12)13)11(3,4)7-10/h8H,5-7H2,1-4H3. The predicted molar refractivity (Wildman–Crippen MR) is 55.8 cm³/mol. The van der Waals surface area contributed by atoms with Crippen LogP contribution in [0.5, 0.6) is 0 Å². The summed E-state index contributed by atoms with van der Waals surface area (Å²) in [5.74, 6) is 0.0576. The van der Waals surface area contributed by atoms with Crippen LogP contribution in [-0.4, -0.2) is 5.24 Å². The normalized spacial score (nSPS) is 31.3. The molecular weight excluding hydrogens is 184 g/mol. The van der Waals surface area contributed by atoms with E-state index in [4.69, 9.17) is 11.6 Å². The quantitative estimate of drug-likeness (QED) is 0.594. The molecule has 1 unspecified atom stereocenters. The van der Waals surface area contributed by atoms with Gasteiger partial charge in [-0.1, -0.05) is 27.7 Å². The molecular formula is C11H19ClO. The molecule has 0 bridgehead atoms. The monoisotopic (exact) mass is 202 g/mol. The second-order valence-electron chi connectivity index (χ2n) is 5.72. The van der Waals surface area contributed by atoms with Crippen LogP contribution in [0.3, 0.4) is 0 Å². The molecule has 0 N–H and O–H groups in total. The Labute approximate surface area is 85.8 Å². The molecule has 1 saturated carbocycles. The number of carbonyl (C=O) groups is 1. The lowest BCUT2D eigenvalue weighted by Crippen LogP contribution is -2.38. The van der Waals surface area contributed by atoms with Gasteiger partial charge >= 0.3 is 0 Å². The summed E-state index contributed by atoms with van der Waals surface area (Å²) in [7, 11) is 0. The van der Waals surface area contributed by atoms with Crippen LogP contribution in [0.4, 0.5) is 0 Å². The topological polar surface area (TPSA) is 17.1 Å². The minimum absolute atomic E-state index is 0.0576. The van der Waals surface area contributed by atoms with Gasteiger partial charge in [-0.2, -0.15) is 0 Å². The van der Waals surface area contributed by atoms with Gasteiger partial charge in [0.15, 0.2) is 0 Å². The molecule has 1 aliphatic rings. The van der Waals surface area contributed by atoms with Gasteiger partial charge in [-0.05, 0) is 41.7 Å². The third kappa shape index (κ3) is 2.46. The van der Waals surface area contributed by atoms with Crippen molar-refractivity contribution >= 4 is 16.8 Å². The van der Waals surface area contributed by atoms with Gasteiger partial charge in [0, 0.05) is 5.92 Å². The number of carbonyl (C=O) groups excluding carboxylic acids is 1. The molecule has 0 aromatic carbocycles. The smallest absolute Gasteiger partial charge is 0.225 e. The first-order valence-electron chi connectivity index (χ1n) is 4.94. The highest BCUT2D eigenvalue weighted by molar-refractivity contribution is 6.64. The van der Waals surface area contributed by atoms with E-state index < -0.39 is 0 Å². The maximum absolute atomic E-state index is 11.2. The van der Waals surface area contributed by atoms with E-state index in [9.17, 15) is 4.79 Å². The highest BCUT2D eigenvalue weighted by Crippen LogP contribution is 2.49. The third-order valence-electron chi connectivity index (χ3n) is 3.26. The van der Waals surface area contributed by atoms with Crippen LogP contribution in [-0.2, 0) is 4.79 Å². The van der Waals surface area contributed by atoms with Crippen molar-refractivity contribution in [1.29, 1.82) is 0 Å². The lowest BCUT2D eigenvalue weighted by Gasteiger charge is -2.44. The van der Waals surface area contributed by atoms with Crippen LogP contribution in [0.15, 0.2) is 0 Å². The molecule has 0 saturated heterocycles. The molecule has 0 aromatic heterocycles. The van der Waals surface area contributed by atoms with E-state index in [0.29, 0.717) is 5.41 Å². The van der Waals surface area contributed by atoms with Gasteiger partial charge in [0.25, 0.3) is 0 Å². The number of rotatable bonds is 1. The Morgan fingerprint density at radius 2 is 1.85 bits per heavy atom. The first-order chi connectivity index (χ1) is 5.75. The molecule has 76 valence electrons. The van der Waals surface area contributed by atoms with Crippen molar-refractivity contribution in [3.63, 3.8) is 0 Å². The number of halogens is 1. The molecule has 1 nitrogen and oxygen atoms in total. The third-order valence-corrected chi connectivity index (χ3v) is 3.52. The Kier molecular flexibility index (Phi) is 2.78. The maximum atomic E-state index is 11.2. The summed E-state index contributed by atoms with van der Waals surface area (Å²) in [6, 6.07) is 0. The van der Waals surface area contributed by atoms with Gasteiger partial charge in [0.2, 0.25) is 5.24 Å². The van der Waals surface area contributed by atoms with E-state index in [2.05, 4.69) is 27.7 Å². The van der Waals surface area contributed by atoms with E-state index in [0.717, 1.165) is 19.3 Å². The molecule has 1 fully saturated rings. The molecule has 0 heterocycles. The van der Waals surface area contributed by atoms with Crippen molar-refractivity contribution in [1.82, 2.24) is 0 Å². The highest BCUT2D eigenvalue weighted by Gasteiger charge is 2.42. The van der Waals surface area contributed by atoms with Crippen LogP contribution >= 0.6 is 11.6 Å². The van der Waals surface area contributed by atoms with E-state index in [-0.39, 0.29) is 16.6 Å². The molecule has 0 radical (unpaired) electrons. The summed E-state index contributed by atoms with van der Waals surface area (Å²) in [6.07, 6.45) is 3.14. The van der Waals surface area contributed by atoms with Crippen LogP contribution in [0, 0.1) is 16.7 Å². The second kappa shape index (κ2) is 3.27. The van der Waals surface area contributed by atoms with Crippen LogP contribution in [0.25, 0.3) is 0 Å². The summed E-state index contributed by atoms with van der Waals surface area (Å²) in [4.78, 5) is 11.2. The summed E-state index contributed by atoms with van der Waals surface area (Å²) in [5, 5.41) is -0.152. The van der Waals surface area contributed by atoms with Gasteiger partial charge in [-0.15, -0.1) is 0 Å². The Morgan fingerprint density at radius 1 is 1.31 bits per heavy atom. The van der Waals surface area contributed by atoms with E-state index in [1.54, 1.807) is 0 Å². The average molecular weight is 203 g/mol. The first-order valence-corrected chi connectivity index (χ1v) is 5.32. The number of hydrogen-bond acceptors (Lipinski definition) is 1. The Hall–Kier alpha value is -0.0400. The van der Waals surface area contributed by atoms with Crippen LogP contribution < -0.4 is 0 Å². The van der Waals surface area contributed by atoms with Crippen molar-refractivity contribution in [2.24, 2.45) is 16.7 Å². The Balaban J connectivity index is 2.79. The van der Waals surface area contributed by atoms with Gasteiger partial charge in [0.05, 0.1) is 0 Å². The fraction of sp³-hybridized carbons (Fsp3) is 0.909. The molecule has 0 aliphatic heterocycles. The highest BCUT2D eigenvalue weighted by atomic mass is 35.5. The zero-order chi connectivity index (χ0) is 10.3. The molecule has 2 heteroatoms. The molecule has 1 aliphatic carbocycles. The molecule has 0 amide bonds. The molecule has 1 atom stereocenters. The predicted octanol–water partition coefficient (Wildman–Crippen LogP) is 3.60. The SMILES string of the molecule is CC1(C)CCC(C(=O)Cl)C(C)(C)C1. The minimum Gasteiger partial charge on any atom is -0.281 e. The lowest BCUT2D eigenvalue weighted by molar-refractivity contribution is -0.121. The molecule has 1 rings (SSSR count).